The van der Waals surface area contributed by atoms with Crippen molar-refractivity contribution in [1.82, 2.24) is 10.3 Å². The maximum Gasteiger partial charge on any atom is 0.0500 e. The number of aromatic nitrogens is 1. The third-order valence-corrected chi connectivity index (χ3v) is 5.20. The lowest BCUT2D eigenvalue weighted by molar-refractivity contribution is 0.474. The highest BCUT2D eigenvalue weighted by atomic mass is 32.1. The molecule has 2 aromatic rings. The molecule has 0 saturated heterocycles. The molecular formula is C16H20N2S. The lowest BCUT2D eigenvalue weighted by Gasteiger charge is -2.23. The Bertz CT molecular complexity index is 561. The van der Waals surface area contributed by atoms with Crippen molar-refractivity contribution in [3.63, 3.8) is 0 Å². The highest BCUT2D eigenvalue weighted by Gasteiger charge is 2.32. The largest absolute Gasteiger partial charge is 0.312 e. The first-order valence-corrected chi connectivity index (χ1v) is 7.90. The molecule has 2 heterocycles. The molecule has 3 heteroatoms. The number of rotatable bonds is 4. The molecular weight excluding hydrogens is 252 g/mol. The van der Waals surface area contributed by atoms with Crippen LogP contribution in [0.1, 0.15) is 47.0 Å². The van der Waals surface area contributed by atoms with Gasteiger partial charge in [0.05, 0.1) is 0 Å². The zero-order valence-electron chi connectivity index (χ0n) is 11.5. The van der Waals surface area contributed by atoms with Gasteiger partial charge in [-0.05, 0) is 54.9 Å². The zero-order valence-corrected chi connectivity index (χ0v) is 12.3. The molecule has 2 unspecified atom stereocenters. The fourth-order valence-corrected chi connectivity index (χ4v) is 4.37. The van der Waals surface area contributed by atoms with Crippen molar-refractivity contribution < 1.29 is 0 Å². The van der Waals surface area contributed by atoms with E-state index in [1.165, 1.54) is 34.5 Å². The normalized spacial score (nSPS) is 19.4. The van der Waals surface area contributed by atoms with Gasteiger partial charge >= 0.3 is 0 Å². The van der Waals surface area contributed by atoms with Crippen LogP contribution >= 0.6 is 11.3 Å². The van der Waals surface area contributed by atoms with Gasteiger partial charge in [0.2, 0.25) is 0 Å². The molecule has 0 aromatic carbocycles. The number of nitrogens with zero attached hydrogens (tertiary/aromatic N) is 1. The van der Waals surface area contributed by atoms with Crippen molar-refractivity contribution >= 4 is 11.3 Å². The maximum atomic E-state index is 4.64. The number of fused-ring (bicyclic) bond motifs is 1. The summed E-state index contributed by atoms with van der Waals surface area (Å²) in [5.41, 5.74) is 4.22. The average molecular weight is 272 g/mol. The number of nitrogens with one attached hydrogen (secondary N) is 1. The Morgan fingerprint density at radius 1 is 1.47 bits per heavy atom. The van der Waals surface area contributed by atoms with Crippen LogP contribution in [0.2, 0.25) is 0 Å². The van der Waals surface area contributed by atoms with E-state index in [0.29, 0.717) is 12.0 Å². The monoisotopic (exact) mass is 272 g/mol. The molecule has 100 valence electrons. The number of aryl methyl sites for hydroxylation is 2. The van der Waals surface area contributed by atoms with Crippen LogP contribution in [0, 0.1) is 0 Å². The summed E-state index contributed by atoms with van der Waals surface area (Å²) < 4.78 is 0. The van der Waals surface area contributed by atoms with Crippen LogP contribution in [0.25, 0.3) is 0 Å². The molecule has 2 atom stereocenters. The number of hydrogen-bond donors (Lipinski definition) is 1. The summed E-state index contributed by atoms with van der Waals surface area (Å²) >= 11 is 1.88. The van der Waals surface area contributed by atoms with Gasteiger partial charge in [-0.15, -0.1) is 11.3 Å². The molecule has 2 nitrogen and oxygen atoms in total. The van der Waals surface area contributed by atoms with Crippen molar-refractivity contribution in [3.05, 3.63) is 51.5 Å². The lowest BCUT2D eigenvalue weighted by atomic mass is 9.93. The first-order chi connectivity index (χ1) is 9.35. The number of hydrogen-bond acceptors (Lipinski definition) is 3. The molecule has 19 heavy (non-hydrogen) atoms. The molecule has 0 saturated carbocycles. The number of likely N-dealkylation sites (N-methyl/N-ethyl adjacent to an activating group) is 1. The highest BCUT2D eigenvalue weighted by Crippen LogP contribution is 2.42. The van der Waals surface area contributed by atoms with Crippen molar-refractivity contribution in [2.45, 2.75) is 38.1 Å². The molecule has 1 aliphatic rings. The molecule has 0 amide bonds. The Morgan fingerprint density at radius 2 is 2.37 bits per heavy atom. The third-order valence-electron chi connectivity index (χ3n) is 4.16. The molecule has 1 aliphatic carbocycles. The predicted octanol–water partition coefficient (Wildman–Crippen LogP) is 3.70. The minimum absolute atomic E-state index is 0.408. The van der Waals surface area contributed by atoms with Gasteiger partial charge in [-0.2, -0.15) is 0 Å². The Kier molecular flexibility index (Phi) is 3.67. The summed E-state index contributed by atoms with van der Waals surface area (Å²) in [4.78, 5) is 6.13. The first kappa shape index (κ1) is 12.8. The van der Waals surface area contributed by atoms with Gasteiger partial charge < -0.3 is 5.32 Å². The SMILES string of the molecule is CCc1ccsc1C(NC)C1CCc2cccnc21. The molecule has 0 fully saturated rings. The molecule has 3 rings (SSSR count). The second-order valence-electron chi connectivity index (χ2n) is 5.12. The lowest BCUT2D eigenvalue weighted by Crippen LogP contribution is -2.23. The van der Waals surface area contributed by atoms with Crippen LogP contribution in [0.4, 0.5) is 0 Å². The molecule has 0 radical (unpaired) electrons. The predicted molar refractivity (Wildman–Crippen MR) is 80.8 cm³/mol. The summed E-state index contributed by atoms with van der Waals surface area (Å²) in [5, 5.41) is 5.75. The topological polar surface area (TPSA) is 24.9 Å². The first-order valence-electron chi connectivity index (χ1n) is 7.02. The molecule has 0 bridgehead atoms. The van der Waals surface area contributed by atoms with Crippen LogP contribution in [0.5, 0.6) is 0 Å². The van der Waals surface area contributed by atoms with Crippen molar-refractivity contribution in [2.24, 2.45) is 0 Å². The van der Waals surface area contributed by atoms with E-state index in [0.717, 1.165) is 6.42 Å². The molecule has 2 aromatic heterocycles. The number of thiophene rings is 1. The van der Waals surface area contributed by atoms with E-state index in [9.17, 15) is 0 Å². The Hall–Kier alpha value is -1.19. The quantitative estimate of drug-likeness (QED) is 0.918. The molecule has 0 aliphatic heterocycles. The van der Waals surface area contributed by atoms with Crippen LogP contribution < -0.4 is 5.32 Å². The van der Waals surface area contributed by atoms with Gasteiger partial charge in [0.15, 0.2) is 0 Å². The maximum absolute atomic E-state index is 4.64. The average Bonchev–Trinajstić information content (AvgIpc) is 3.07. The van der Waals surface area contributed by atoms with Crippen molar-refractivity contribution in [2.75, 3.05) is 7.05 Å². The van der Waals surface area contributed by atoms with E-state index in [2.05, 4.69) is 47.9 Å². The van der Waals surface area contributed by atoms with Gasteiger partial charge in [0.25, 0.3) is 0 Å². The second kappa shape index (κ2) is 5.43. The fraction of sp³-hybridized carbons (Fsp3) is 0.438. The minimum atomic E-state index is 0.408. The van der Waals surface area contributed by atoms with Crippen molar-refractivity contribution in [1.29, 1.82) is 0 Å². The summed E-state index contributed by atoms with van der Waals surface area (Å²) in [6.45, 7) is 2.24. The second-order valence-corrected chi connectivity index (χ2v) is 6.07. The highest BCUT2D eigenvalue weighted by molar-refractivity contribution is 7.10. The van der Waals surface area contributed by atoms with Crippen LogP contribution in [-0.4, -0.2) is 12.0 Å². The van der Waals surface area contributed by atoms with Crippen LogP contribution in [0.15, 0.2) is 29.8 Å². The Labute approximate surface area is 118 Å². The van der Waals surface area contributed by atoms with Crippen LogP contribution in [-0.2, 0) is 12.8 Å². The third kappa shape index (κ3) is 2.21. The van der Waals surface area contributed by atoms with Gasteiger partial charge in [0, 0.05) is 28.7 Å². The molecule has 1 N–H and O–H groups in total. The van der Waals surface area contributed by atoms with Crippen LogP contribution in [0.3, 0.4) is 0 Å². The van der Waals surface area contributed by atoms with Gasteiger partial charge in [-0.1, -0.05) is 13.0 Å². The Balaban J connectivity index is 1.97. The summed E-state index contributed by atoms with van der Waals surface area (Å²) in [6, 6.07) is 6.95. The van der Waals surface area contributed by atoms with E-state index >= 15 is 0 Å². The standard InChI is InChI=1S/C16H20N2S/c1-3-11-8-10-19-16(11)15(17-2)13-7-6-12-5-4-9-18-14(12)13/h4-5,8-10,13,15,17H,3,6-7H2,1-2H3. The van der Waals surface area contributed by atoms with E-state index in [1.807, 2.05) is 17.5 Å². The van der Waals surface area contributed by atoms with Gasteiger partial charge in [-0.25, -0.2) is 0 Å². The van der Waals surface area contributed by atoms with Gasteiger partial charge in [-0.3, -0.25) is 4.98 Å². The number of pyridine rings is 1. The van der Waals surface area contributed by atoms with E-state index < -0.39 is 0 Å². The van der Waals surface area contributed by atoms with Crippen molar-refractivity contribution in [3.8, 4) is 0 Å². The van der Waals surface area contributed by atoms with E-state index in [4.69, 9.17) is 0 Å². The fourth-order valence-electron chi connectivity index (χ4n) is 3.20. The summed E-state index contributed by atoms with van der Waals surface area (Å²) in [7, 11) is 2.07. The van der Waals surface area contributed by atoms with E-state index in [1.54, 1.807) is 0 Å². The van der Waals surface area contributed by atoms with Gasteiger partial charge in [0.1, 0.15) is 0 Å². The molecule has 0 spiro atoms. The summed E-state index contributed by atoms with van der Waals surface area (Å²) in [6.07, 6.45) is 5.41. The smallest absolute Gasteiger partial charge is 0.0500 e. The van der Waals surface area contributed by atoms with E-state index in [-0.39, 0.29) is 0 Å². The summed E-state index contributed by atoms with van der Waals surface area (Å²) in [5.74, 6) is 0.519. The Morgan fingerprint density at radius 3 is 3.16 bits per heavy atom. The minimum Gasteiger partial charge on any atom is -0.312 e. The zero-order chi connectivity index (χ0) is 13.2.